The van der Waals surface area contributed by atoms with E-state index in [1.165, 1.54) is 24.3 Å². The fourth-order valence-electron chi connectivity index (χ4n) is 1.31. The number of aliphatic hydroxyl groups excluding tert-OH is 1. The Morgan fingerprint density at radius 2 is 1.82 bits per heavy atom. The van der Waals surface area contributed by atoms with Crippen LogP contribution in [0.3, 0.4) is 0 Å². The molecule has 0 aliphatic heterocycles. The molecule has 94 valence electrons. The van der Waals surface area contributed by atoms with Crippen LogP contribution < -0.4 is 5.73 Å². The van der Waals surface area contributed by atoms with E-state index in [1.807, 2.05) is 0 Å². The molecular formula is C10H13NO5S. The number of rotatable bonds is 5. The third kappa shape index (κ3) is 3.81. The average molecular weight is 259 g/mol. The molecule has 17 heavy (non-hydrogen) atoms. The third-order valence-electron chi connectivity index (χ3n) is 2.26. The van der Waals surface area contributed by atoms with Crippen molar-refractivity contribution in [3.05, 3.63) is 35.4 Å². The number of carboxylic acids is 1. The van der Waals surface area contributed by atoms with E-state index in [1.54, 1.807) is 0 Å². The van der Waals surface area contributed by atoms with E-state index in [-0.39, 0.29) is 5.75 Å². The second-order valence-corrected chi connectivity index (χ2v) is 4.52. The summed E-state index contributed by atoms with van der Waals surface area (Å²) in [5, 5.41) is 18.2. The number of carboxylic acid groups (broad SMARTS) is 1. The summed E-state index contributed by atoms with van der Waals surface area (Å²) in [4.78, 5) is 10.6. The molecule has 1 rings (SSSR count). The number of nitrogens with two attached hydrogens (primary N) is 1. The number of thiol groups is 1. The fourth-order valence-corrected chi connectivity index (χ4v) is 1.82. The molecule has 0 saturated carbocycles. The van der Waals surface area contributed by atoms with Gasteiger partial charge in [-0.3, -0.25) is 4.79 Å². The summed E-state index contributed by atoms with van der Waals surface area (Å²) < 4.78 is 20.9. The Hall–Kier alpha value is -1.44. The third-order valence-corrected chi connectivity index (χ3v) is 2.88. The zero-order valence-corrected chi connectivity index (χ0v) is 9.71. The molecule has 0 fully saturated rings. The van der Waals surface area contributed by atoms with Crippen molar-refractivity contribution in [1.82, 2.24) is 0 Å². The second kappa shape index (κ2) is 5.76. The summed E-state index contributed by atoms with van der Waals surface area (Å²) in [5.74, 6) is -1.39. The van der Waals surface area contributed by atoms with Crippen LogP contribution in [0.2, 0.25) is 0 Å². The lowest BCUT2D eigenvalue weighted by Crippen LogP contribution is -2.36. The maximum Gasteiger partial charge on any atom is 0.323 e. The highest BCUT2D eigenvalue weighted by molar-refractivity contribution is 7.71. The fraction of sp³-hybridized carbons (Fsp3) is 0.300. The molecule has 0 saturated heterocycles. The van der Waals surface area contributed by atoms with Crippen molar-refractivity contribution in [3.8, 4) is 0 Å². The number of hydrogen-bond donors (Lipinski definition) is 4. The van der Waals surface area contributed by atoms with E-state index in [0.29, 0.717) is 11.1 Å². The monoisotopic (exact) mass is 259 g/mol. The van der Waals surface area contributed by atoms with Crippen molar-refractivity contribution >= 4 is 16.7 Å². The van der Waals surface area contributed by atoms with Gasteiger partial charge >= 0.3 is 5.97 Å². The minimum Gasteiger partial charge on any atom is -0.480 e. The molecule has 0 amide bonds. The first kappa shape index (κ1) is 13.6. The molecule has 0 aromatic heterocycles. The highest BCUT2D eigenvalue weighted by Gasteiger charge is 2.23. The Morgan fingerprint density at radius 3 is 2.24 bits per heavy atom. The van der Waals surface area contributed by atoms with Gasteiger partial charge in [-0.25, -0.2) is 8.42 Å². The lowest BCUT2D eigenvalue weighted by molar-refractivity contribution is -0.141. The summed E-state index contributed by atoms with van der Waals surface area (Å²) in [5.41, 5.74) is 6.17. The van der Waals surface area contributed by atoms with Crippen molar-refractivity contribution in [3.63, 3.8) is 0 Å². The molecule has 2 atom stereocenters. The molecular weight excluding hydrogens is 246 g/mol. The quantitative estimate of drug-likeness (QED) is 0.516. The molecule has 4 N–H and O–H groups in total. The van der Waals surface area contributed by atoms with Crippen LogP contribution >= 0.6 is 0 Å². The Kier molecular flexibility index (Phi) is 4.62. The van der Waals surface area contributed by atoms with E-state index in [9.17, 15) is 18.3 Å². The molecule has 1 aromatic rings. The topological polar surface area (TPSA) is 118 Å². The van der Waals surface area contributed by atoms with Crippen LogP contribution in [-0.4, -0.2) is 30.6 Å². The number of aliphatic carboxylic acids is 1. The molecule has 2 unspecified atom stereocenters. The Bertz CT molecular complexity index is 460. The van der Waals surface area contributed by atoms with Crippen molar-refractivity contribution in [2.75, 3.05) is 0 Å². The molecule has 0 aliphatic carbocycles. The molecule has 0 heterocycles. The molecule has 7 heteroatoms. The predicted molar refractivity (Wildman–Crippen MR) is 61.0 cm³/mol. The Morgan fingerprint density at radius 1 is 1.29 bits per heavy atom. The normalized spacial score (nSPS) is 14.5. The molecule has 1 aromatic carbocycles. The van der Waals surface area contributed by atoms with Crippen LogP contribution in [0.5, 0.6) is 0 Å². The lowest BCUT2D eigenvalue weighted by atomic mass is 10.0. The van der Waals surface area contributed by atoms with Crippen LogP contribution in [0.4, 0.5) is 0 Å². The van der Waals surface area contributed by atoms with E-state index in [0.717, 1.165) is 0 Å². The lowest BCUT2D eigenvalue weighted by Gasteiger charge is -2.15. The molecule has 6 nitrogen and oxygen atoms in total. The first-order chi connectivity index (χ1) is 7.91. The van der Waals surface area contributed by atoms with Gasteiger partial charge in [-0.2, -0.15) is 0 Å². The summed E-state index contributed by atoms with van der Waals surface area (Å²) in [7, 11) is -2.51. The Labute approximate surface area is 99.6 Å². The number of benzene rings is 1. The van der Waals surface area contributed by atoms with Gasteiger partial charge in [-0.15, -0.1) is 0 Å². The van der Waals surface area contributed by atoms with Gasteiger partial charge in [0.05, 0.1) is 5.75 Å². The highest BCUT2D eigenvalue weighted by Crippen LogP contribution is 2.16. The maximum absolute atomic E-state index is 10.6. The maximum atomic E-state index is 10.6. The van der Waals surface area contributed by atoms with Gasteiger partial charge in [0.25, 0.3) is 0 Å². The predicted octanol–water partition coefficient (Wildman–Crippen LogP) is -0.757. The second-order valence-electron chi connectivity index (χ2n) is 3.54. The zero-order valence-electron chi connectivity index (χ0n) is 8.81. The summed E-state index contributed by atoms with van der Waals surface area (Å²) >= 11 is 0. The van der Waals surface area contributed by atoms with E-state index >= 15 is 0 Å². The van der Waals surface area contributed by atoms with Crippen LogP contribution in [-0.2, 0) is 21.3 Å². The van der Waals surface area contributed by atoms with E-state index in [2.05, 4.69) is 0 Å². The average Bonchev–Trinajstić information content (AvgIpc) is 2.27. The van der Waals surface area contributed by atoms with E-state index in [4.69, 9.17) is 10.8 Å². The SMILES string of the molecule is NC(C(=O)O)C(O)c1ccc(C[SH](=O)=O)cc1. The van der Waals surface area contributed by atoms with Gasteiger partial charge in [0.15, 0.2) is 0 Å². The van der Waals surface area contributed by atoms with Gasteiger partial charge in [0.2, 0.25) is 0 Å². The van der Waals surface area contributed by atoms with Gasteiger partial charge in [-0.1, -0.05) is 24.3 Å². The van der Waals surface area contributed by atoms with Crippen molar-refractivity contribution in [1.29, 1.82) is 0 Å². The Balaban J connectivity index is 2.83. The summed E-state index contributed by atoms with van der Waals surface area (Å²) in [6, 6.07) is 4.54. The van der Waals surface area contributed by atoms with Gasteiger partial charge in [-0.05, 0) is 11.1 Å². The smallest absolute Gasteiger partial charge is 0.323 e. The largest absolute Gasteiger partial charge is 0.480 e. The first-order valence-electron chi connectivity index (χ1n) is 4.79. The summed E-state index contributed by atoms with van der Waals surface area (Å²) in [6.45, 7) is 0. The van der Waals surface area contributed by atoms with Crippen LogP contribution in [0.15, 0.2) is 24.3 Å². The zero-order chi connectivity index (χ0) is 13.0. The van der Waals surface area contributed by atoms with Crippen molar-refractivity contribution in [2.24, 2.45) is 5.73 Å². The minimum atomic E-state index is -2.51. The molecule has 0 aliphatic rings. The van der Waals surface area contributed by atoms with E-state index < -0.39 is 28.8 Å². The van der Waals surface area contributed by atoms with Crippen LogP contribution in [0.1, 0.15) is 17.2 Å². The van der Waals surface area contributed by atoms with Gasteiger partial charge < -0.3 is 15.9 Å². The van der Waals surface area contributed by atoms with Crippen LogP contribution in [0, 0.1) is 0 Å². The minimum absolute atomic E-state index is 0.0866. The number of carbonyl (C=O) groups is 1. The standard InChI is InChI=1S/C10H13NO5S/c11-8(10(13)14)9(12)7-3-1-6(2-4-7)5-17(15)16/h1-4,8-9,12,17H,5,11H2,(H,13,14). The van der Waals surface area contributed by atoms with Crippen molar-refractivity contribution < 1.29 is 23.4 Å². The summed E-state index contributed by atoms with van der Waals surface area (Å²) in [6.07, 6.45) is -1.32. The molecule has 0 bridgehead atoms. The molecule has 0 radical (unpaired) electrons. The number of hydrogen-bond acceptors (Lipinski definition) is 5. The van der Waals surface area contributed by atoms with Crippen molar-refractivity contribution in [2.45, 2.75) is 17.9 Å². The number of aliphatic hydroxyl groups is 1. The van der Waals surface area contributed by atoms with Crippen LogP contribution in [0.25, 0.3) is 0 Å². The van der Waals surface area contributed by atoms with Gasteiger partial charge in [0.1, 0.15) is 22.8 Å². The highest BCUT2D eigenvalue weighted by atomic mass is 32.2. The molecule has 0 spiro atoms. The first-order valence-corrected chi connectivity index (χ1v) is 6.15. The van der Waals surface area contributed by atoms with Gasteiger partial charge in [0, 0.05) is 0 Å².